The number of pyridine rings is 1. The molecular weight excluding hydrogens is 318 g/mol. The largest absolute Gasteiger partial charge is 0.351 e. The Morgan fingerprint density at radius 2 is 2.15 bits per heavy atom. The summed E-state index contributed by atoms with van der Waals surface area (Å²) in [4.78, 5) is 16.7. The number of amides is 1. The smallest absolute Gasteiger partial charge is 0.270 e. The molecule has 5 heteroatoms. The predicted octanol–water partition coefficient (Wildman–Crippen LogP) is 3.72. The van der Waals surface area contributed by atoms with E-state index < -0.39 is 0 Å². The van der Waals surface area contributed by atoms with Crippen LogP contribution in [-0.2, 0) is 0 Å². The van der Waals surface area contributed by atoms with E-state index >= 15 is 0 Å². The molecule has 0 unspecified atom stereocenters. The first-order valence-corrected chi connectivity index (χ1v) is 7.85. The lowest BCUT2D eigenvalue weighted by Crippen LogP contribution is -2.26. The maximum atomic E-state index is 12.3. The Hall–Kier alpha value is -1.36. The first kappa shape index (κ1) is 15.0. The first-order chi connectivity index (χ1) is 9.63. The SMILES string of the molecule is CCCCCCNC(=O)c1c(C)nc2ccc(Br)cn12. The van der Waals surface area contributed by atoms with Crippen molar-refractivity contribution in [2.45, 2.75) is 39.5 Å². The van der Waals surface area contributed by atoms with E-state index in [-0.39, 0.29) is 5.91 Å². The number of aromatic nitrogens is 2. The van der Waals surface area contributed by atoms with Crippen molar-refractivity contribution in [2.24, 2.45) is 0 Å². The summed E-state index contributed by atoms with van der Waals surface area (Å²) in [7, 11) is 0. The van der Waals surface area contributed by atoms with Crippen LogP contribution in [0.2, 0.25) is 0 Å². The summed E-state index contributed by atoms with van der Waals surface area (Å²) in [6.07, 6.45) is 6.49. The number of aryl methyl sites for hydroxylation is 1. The van der Waals surface area contributed by atoms with Gasteiger partial charge in [-0.1, -0.05) is 26.2 Å². The van der Waals surface area contributed by atoms with E-state index in [9.17, 15) is 4.79 Å². The number of hydrogen-bond acceptors (Lipinski definition) is 2. The number of halogens is 1. The quantitative estimate of drug-likeness (QED) is 0.816. The minimum Gasteiger partial charge on any atom is -0.351 e. The molecule has 1 N–H and O–H groups in total. The number of carbonyl (C=O) groups excluding carboxylic acids is 1. The third kappa shape index (κ3) is 3.39. The number of nitrogens with zero attached hydrogens (tertiary/aromatic N) is 2. The molecule has 0 bridgehead atoms. The van der Waals surface area contributed by atoms with Crippen LogP contribution in [0.4, 0.5) is 0 Å². The summed E-state index contributed by atoms with van der Waals surface area (Å²) in [6.45, 7) is 4.77. The van der Waals surface area contributed by atoms with Crippen LogP contribution in [0.1, 0.15) is 48.8 Å². The van der Waals surface area contributed by atoms with Crippen molar-refractivity contribution in [3.05, 3.63) is 34.2 Å². The first-order valence-electron chi connectivity index (χ1n) is 7.06. The number of fused-ring (bicyclic) bond motifs is 1. The number of hydrogen-bond donors (Lipinski definition) is 1. The van der Waals surface area contributed by atoms with Gasteiger partial charge in [0.25, 0.3) is 5.91 Å². The summed E-state index contributed by atoms with van der Waals surface area (Å²) >= 11 is 3.43. The molecule has 0 saturated heterocycles. The predicted molar refractivity (Wildman–Crippen MR) is 84.1 cm³/mol. The lowest BCUT2D eigenvalue weighted by Gasteiger charge is -2.06. The fourth-order valence-electron chi connectivity index (χ4n) is 2.25. The molecule has 0 aliphatic carbocycles. The number of carbonyl (C=O) groups is 1. The highest BCUT2D eigenvalue weighted by atomic mass is 79.9. The van der Waals surface area contributed by atoms with Crippen molar-refractivity contribution in [2.75, 3.05) is 6.54 Å². The van der Waals surface area contributed by atoms with Crippen LogP contribution in [-0.4, -0.2) is 21.8 Å². The van der Waals surface area contributed by atoms with E-state index in [0.717, 1.165) is 35.2 Å². The van der Waals surface area contributed by atoms with Crippen LogP contribution < -0.4 is 5.32 Å². The van der Waals surface area contributed by atoms with Crippen LogP contribution in [0.5, 0.6) is 0 Å². The zero-order chi connectivity index (χ0) is 14.5. The fraction of sp³-hybridized carbons (Fsp3) is 0.467. The highest BCUT2D eigenvalue weighted by Crippen LogP contribution is 2.16. The van der Waals surface area contributed by atoms with Gasteiger partial charge in [0.05, 0.1) is 5.69 Å². The molecule has 0 radical (unpaired) electrons. The Morgan fingerprint density at radius 1 is 1.35 bits per heavy atom. The maximum Gasteiger partial charge on any atom is 0.270 e. The van der Waals surface area contributed by atoms with Crippen molar-refractivity contribution in [3.63, 3.8) is 0 Å². The Bertz CT molecular complexity index is 606. The molecular formula is C15H20BrN3O. The molecule has 0 aliphatic rings. The second kappa shape index (κ2) is 6.88. The zero-order valence-electron chi connectivity index (χ0n) is 11.9. The second-order valence-corrected chi connectivity index (χ2v) is 5.85. The molecule has 1 amide bonds. The molecule has 108 valence electrons. The molecule has 0 spiro atoms. The molecule has 2 rings (SSSR count). The van der Waals surface area contributed by atoms with Crippen LogP contribution in [0.3, 0.4) is 0 Å². The van der Waals surface area contributed by atoms with E-state index in [2.05, 4.69) is 33.2 Å². The molecule has 2 heterocycles. The standard InChI is InChI=1S/C15H20BrN3O/c1-3-4-5-6-9-17-15(20)14-11(2)18-13-8-7-12(16)10-19(13)14/h7-8,10H,3-6,9H2,1-2H3,(H,17,20). The van der Waals surface area contributed by atoms with Crippen LogP contribution in [0, 0.1) is 6.92 Å². The summed E-state index contributed by atoms with van der Waals surface area (Å²) < 4.78 is 2.76. The Kier molecular flexibility index (Phi) is 5.17. The van der Waals surface area contributed by atoms with Gasteiger partial charge in [0, 0.05) is 17.2 Å². The Balaban J connectivity index is 2.09. The fourth-order valence-corrected chi connectivity index (χ4v) is 2.58. The van der Waals surface area contributed by atoms with Gasteiger partial charge in [0.2, 0.25) is 0 Å². The second-order valence-electron chi connectivity index (χ2n) is 4.94. The van der Waals surface area contributed by atoms with E-state index in [4.69, 9.17) is 0 Å². The van der Waals surface area contributed by atoms with Gasteiger partial charge in [-0.25, -0.2) is 4.98 Å². The minimum absolute atomic E-state index is 0.0513. The molecule has 0 fully saturated rings. The summed E-state index contributed by atoms with van der Waals surface area (Å²) in [5.74, 6) is -0.0513. The number of nitrogens with one attached hydrogen (secondary N) is 1. The van der Waals surface area contributed by atoms with Crippen LogP contribution in [0.15, 0.2) is 22.8 Å². The highest BCUT2D eigenvalue weighted by Gasteiger charge is 2.16. The molecule has 0 aromatic carbocycles. The van der Waals surface area contributed by atoms with Gasteiger partial charge in [-0.2, -0.15) is 0 Å². The number of imidazole rings is 1. The lowest BCUT2D eigenvalue weighted by atomic mass is 10.2. The minimum atomic E-state index is -0.0513. The zero-order valence-corrected chi connectivity index (χ0v) is 13.5. The van der Waals surface area contributed by atoms with Crippen LogP contribution >= 0.6 is 15.9 Å². The molecule has 0 aliphatic heterocycles. The average Bonchev–Trinajstić information content (AvgIpc) is 2.73. The van der Waals surface area contributed by atoms with Gasteiger partial charge in [-0.3, -0.25) is 9.20 Å². The molecule has 2 aromatic heterocycles. The summed E-state index contributed by atoms with van der Waals surface area (Å²) in [5, 5.41) is 2.98. The number of unbranched alkanes of at least 4 members (excludes halogenated alkanes) is 3. The van der Waals surface area contributed by atoms with Crippen molar-refractivity contribution >= 4 is 27.5 Å². The maximum absolute atomic E-state index is 12.3. The van der Waals surface area contributed by atoms with Gasteiger partial charge in [0.1, 0.15) is 11.3 Å². The van der Waals surface area contributed by atoms with Gasteiger partial charge in [0.15, 0.2) is 0 Å². The van der Waals surface area contributed by atoms with Crippen molar-refractivity contribution in [3.8, 4) is 0 Å². The van der Waals surface area contributed by atoms with E-state index in [1.54, 1.807) is 0 Å². The van der Waals surface area contributed by atoms with Gasteiger partial charge < -0.3 is 5.32 Å². The Morgan fingerprint density at radius 3 is 2.90 bits per heavy atom. The lowest BCUT2D eigenvalue weighted by molar-refractivity contribution is 0.0946. The Labute approximate surface area is 127 Å². The van der Waals surface area contributed by atoms with Crippen molar-refractivity contribution in [1.82, 2.24) is 14.7 Å². The number of rotatable bonds is 6. The topological polar surface area (TPSA) is 46.4 Å². The summed E-state index contributed by atoms with van der Waals surface area (Å²) in [5.41, 5.74) is 2.17. The van der Waals surface area contributed by atoms with Crippen LogP contribution in [0.25, 0.3) is 5.65 Å². The average molecular weight is 338 g/mol. The van der Waals surface area contributed by atoms with E-state index in [1.165, 1.54) is 12.8 Å². The summed E-state index contributed by atoms with van der Waals surface area (Å²) in [6, 6.07) is 3.82. The van der Waals surface area contributed by atoms with E-state index in [0.29, 0.717) is 5.69 Å². The monoisotopic (exact) mass is 337 g/mol. The molecule has 0 atom stereocenters. The highest BCUT2D eigenvalue weighted by molar-refractivity contribution is 9.10. The van der Waals surface area contributed by atoms with Gasteiger partial charge >= 0.3 is 0 Å². The van der Waals surface area contributed by atoms with Crippen molar-refractivity contribution < 1.29 is 4.79 Å². The molecule has 4 nitrogen and oxygen atoms in total. The molecule has 20 heavy (non-hydrogen) atoms. The van der Waals surface area contributed by atoms with Crippen molar-refractivity contribution in [1.29, 1.82) is 0 Å². The third-order valence-electron chi connectivity index (χ3n) is 3.29. The normalized spacial score (nSPS) is 10.9. The third-order valence-corrected chi connectivity index (χ3v) is 3.76. The van der Waals surface area contributed by atoms with Gasteiger partial charge in [-0.15, -0.1) is 0 Å². The van der Waals surface area contributed by atoms with Gasteiger partial charge in [-0.05, 0) is 41.4 Å². The van der Waals surface area contributed by atoms with E-state index in [1.807, 2.05) is 29.7 Å². The molecule has 2 aromatic rings. The molecule has 0 saturated carbocycles.